The van der Waals surface area contributed by atoms with Crippen LogP contribution < -0.4 is 0 Å². The largest absolute Gasteiger partial charge is 0.462 e. The molecule has 1 unspecified atom stereocenters. The van der Waals surface area contributed by atoms with E-state index in [0.717, 1.165) is 116 Å². The number of ether oxygens (including phenoxy) is 3. The van der Waals surface area contributed by atoms with Gasteiger partial charge in [-0.1, -0.05) is 194 Å². The highest BCUT2D eigenvalue weighted by Gasteiger charge is 2.19. The van der Waals surface area contributed by atoms with Crippen LogP contribution in [0.15, 0.2) is 122 Å². The molecule has 6 heteroatoms. The van der Waals surface area contributed by atoms with E-state index in [0.29, 0.717) is 19.3 Å². The van der Waals surface area contributed by atoms with Crippen molar-refractivity contribution in [2.45, 2.75) is 219 Å². The zero-order valence-electron chi connectivity index (χ0n) is 41.7. The molecule has 0 saturated heterocycles. The lowest BCUT2D eigenvalue weighted by molar-refractivity contribution is -0.167. The molecule has 0 radical (unpaired) electrons. The molecule has 0 aromatic carbocycles. The van der Waals surface area contributed by atoms with Gasteiger partial charge in [0, 0.05) is 19.3 Å². The number of esters is 3. The van der Waals surface area contributed by atoms with Crippen LogP contribution in [-0.4, -0.2) is 37.2 Å². The van der Waals surface area contributed by atoms with E-state index < -0.39 is 6.10 Å². The third kappa shape index (κ3) is 50.7. The molecule has 0 heterocycles. The lowest BCUT2D eigenvalue weighted by Crippen LogP contribution is -2.30. The van der Waals surface area contributed by atoms with Gasteiger partial charge in [0.15, 0.2) is 6.10 Å². The average molecular weight is 899 g/mol. The molecular weight excluding hydrogens is 805 g/mol. The van der Waals surface area contributed by atoms with Crippen molar-refractivity contribution in [1.82, 2.24) is 0 Å². The Balaban J connectivity index is 4.50. The van der Waals surface area contributed by atoms with Crippen molar-refractivity contribution in [2.75, 3.05) is 13.2 Å². The van der Waals surface area contributed by atoms with Crippen molar-refractivity contribution in [2.24, 2.45) is 0 Å². The molecular formula is C59H94O6. The van der Waals surface area contributed by atoms with Gasteiger partial charge in [-0.2, -0.15) is 0 Å². The summed E-state index contributed by atoms with van der Waals surface area (Å²) in [5, 5.41) is 0. The Labute approximate surface area is 399 Å². The molecule has 0 spiro atoms. The molecule has 0 amide bonds. The van der Waals surface area contributed by atoms with Crippen LogP contribution in [0.1, 0.15) is 213 Å². The molecule has 0 aliphatic rings. The highest BCUT2D eigenvalue weighted by molar-refractivity contribution is 5.71. The van der Waals surface area contributed by atoms with Crippen LogP contribution in [0.4, 0.5) is 0 Å². The standard InChI is InChI=1S/C59H94O6/c1-4-7-10-13-16-19-22-24-26-28-29-31-32-34-37-40-43-46-49-52-58(61)64-55-56(54-63-57(60)51-48-45-42-39-36-21-18-15-12-9-6-3)65-59(62)53-50-47-44-41-38-35-33-30-27-25-23-20-17-14-11-8-5-2/h7,9-10,12,16-21,24-27,29,31,34,37,39,42,56H,4-6,8,11,13-15,22-23,28,30,32-33,35-36,38,40-41,43-55H2,1-3H3/b10-7-,12-9-,19-16-,20-17-,21-18-,26-24-,27-25-,31-29-,37-34-,42-39-. The summed E-state index contributed by atoms with van der Waals surface area (Å²) in [6, 6.07) is 0. The van der Waals surface area contributed by atoms with E-state index >= 15 is 0 Å². The normalized spacial score (nSPS) is 13.1. The summed E-state index contributed by atoms with van der Waals surface area (Å²) in [7, 11) is 0. The quantitative estimate of drug-likeness (QED) is 0.0262. The lowest BCUT2D eigenvalue weighted by atomic mass is 10.1. The molecule has 0 aliphatic heterocycles. The van der Waals surface area contributed by atoms with Gasteiger partial charge in [-0.25, -0.2) is 0 Å². The van der Waals surface area contributed by atoms with Gasteiger partial charge in [-0.05, 0) is 122 Å². The van der Waals surface area contributed by atoms with Crippen LogP contribution in [0.5, 0.6) is 0 Å². The van der Waals surface area contributed by atoms with Gasteiger partial charge in [0.2, 0.25) is 0 Å². The van der Waals surface area contributed by atoms with E-state index in [1.54, 1.807) is 0 Å². The van der Waals surface area contributed by atoms with Gasteiger partial charge in [-0.3, -0.25) is 14.4 Å². The zero-order valence-corrected chi connectivity index (χ0v) is 41.7. The first-order chi connectivity index (χ1) is 32.0. The molecule has 366 valence electrons. The lowest BCUT2D eigenvalue weighted by Gasteiger charge is -2.18. The zero-order chi connectivity index (χ0) is 47.2. The minimum absolute atomic E-state index is 0.118. The molecule has 0 fully saturated rings. The van der Waals surface area contributed by atoms with Gasteiger partial charge < -0.3 is 14.2 Å². The van der Waals surface area contributed by atoms with E-state index in [4.69, 9.17) is 14.2 Å². The highest BCUT2D eigenvalue weighted by Crippen LogP contribution is 2.13. The molecule has 0 rings (SSSR count). The maximum Gasteiger partial charge on any atom is 0.306 e. The Kier molecular flexibility index (Phi) is 49.1. The second-order valence-electron chi connectivity index (χ2n) is 16.7. The van der Waals surface area contributed by atoms with E-state index in [2.05, 4.69) is 142 Å². The first-order valence-electron chi connectivity index (χ1n) is 26.0. The Morgan fingerprint density at radius 1 is 0.323 bits per heavy atom. The number of unbranched alkanes of at least 4 members (excludes halogenated alkanes) is 14. The van der Waals surface area contributed by atoms with E-state index in [1.165, 1.54) is 51.4 Å². The number of allylic oxidation sites excluding steroid dienone is 20. The van der Waals surface area contributed by atoms with Crippen LogP contribution in [0, 0.1) is 0 Å². The van der Waals surface area contributed by atoms with Crippen LogP contribution in [0.2, 0.25) is 0 Å². The number of rotatable bonds is 45. The van der Waals surface area contributed by atoms with Gasteiger partial charge >= 0.3 is 17.9 Å². The highest BCUT2D eigenvalue weighted by atomic mass is 16.6. The summed E-state index contributed by atoms with van der Waals surface area (Å²) in [4.78, 5) is 38.0. The van der Waals surface area contributed by atoms with Crippen LogP contribution in [0.25, 0.3) is 0 Å². The second kappa shape index (κ2) is 52.4. The molecule has 0 aromatic rings. The van der Waals surface area contributed by atoms with Crippen molar-refractivity contribution in [3.05, 3.63) is 122 Å². The number of carbonyl (C=O) groups excluding carboxylic acids is 3. The smallest absolute Gasteiger partial charge is 0.306 e. The second-order valence-corrected chi connectivity index (χ2v) is 16.7. The molecule has 1 atom stereocenters. The maximum atomic E-state index is 12.8. The summed E-state index contributed by atoms with van der Waals surface area (Å²) in [6.07, 6.45) is 71.9. The van der Waals surface area contributed by atoms with E-state index in [-0.39, 0.29) is 37.5 Å². The van der Waals surface area contributed by atoms with E-state index in [1.807, 2.05) is 0 Å². The van der Waals surface area contributed by atoms with Gasteiger partial charge in [0.25, 0.3) is 0 Å². The Bertz CT molecular complexity index is 1400. The minimum atomic E-state index is -0.819. The summed E-state index contributed by atoms with van der Waals surface area (Å²) in [5.74, 6) is -1.02. The molecule has 0 aliphatic carbocycles. The summed E-state index contributed by atoms with van der Waals surface area (Å²) < 4.78 is 16.7. The third-order valence-electron chi connectivity index (χ3n) is 10.4. The third-order valence-corrected chi connectivity index (χ3v) is 10.4. The number of carbonyl (C=O) groups is 3. The first-order valence-corrected chi connectivity index (χ1v) is 26.0. The maximum absolute atomic E-state index is 12.8. The van der Waals surface area contributed by atoms with Crippen LogP contribution >= 0.6 is 0 Å². The molecule has 6 nitrogen and oxygen atoms in total. The SMILES string of the molecule is CC/C=C\C/C=C\C/C=C\C/C=C\C/C=C\CCCCCC(=O)OCC(COC(=O)CCC/C=C\C/C=C\C/C=C\CC)OC(=O)CCCCCCCCC/C=C\C/C=C\CCCCC. The van der Waals surface area contributed by atoms with E-state index in [9.17, 15) is 14.4 Å². The fourth-order valence-corrected chi connectivity index (χ4v) is 6.58. The molecule has 65 heavy (non-hydrogen) atoms. The average Bonchev–Trinajstić information content (AvgIpc) is 3.30. The van der Waals surface area contributed by atoms with Crippen molar-refractivity contribution in [3.8, 4) is 0 Å². The van der Waals surface area contributed by atoms with Gasteiger partial charge in [-0.15, -0.1) is 0 Å². The van der Waals surface area contributed by atoms with Crippen molar-refractivity contribution in [3.63, 3.8) is 0 Å². The minimum Gasteiger partial charge on any atom is -0.462 e. The topological polar surface area (TPSA) is 78.9 Å². The first kappa shape index (κ1) is 60.8. The van der Waals surface area contributed by atoms with Crippen LogP contribution in [-0.2, 0) is 28.6 Å². The summed E-state index contributed by atoms with van der Waals surface area (Å²) in [5.41, 5.74) is 0. The molecule has 0 bridgehead atoms. The summed E-state index contributed by atoms with van der Waals surface area (Å²) >= 11 is 0. The number of hydrogen-bond acceptors (Lipinski definition) is 6. The predicted octanol–water partition coefficient (Wildman–Crippen LogP) is 17.3. The Morgan fingerprint density at radius 3 is 1.02 bits per heavy atom. The van der Waals surface area contributed by atoms with Crippen molar-refractivity contribution >= 4 is 17.9 Å². The molecule has 0 saturated carbocycles. The Hall–Kier alpha value is -4.19. The van der Waals surface area contributed by atoms with Crippen molar-refractivity contribution < 1.29 is 28.6 Å². The predicted molar refractivity (Wildman–Crippen MR) is 279 cm³/mol. The summed E-state index contributed by atoms with van der Waals surface area (Å²) in [6.45, 7) is 6.28. The van der Waals surface area contributed by atoms with Crippen LogP contribution in [0.3, 0.4) is 0 Å². The van der Waals surface area contributed by atoms with Crippen molar-refractivity contribution in [1.29, 1.82) is 0 Å². The van der Waals surface area contributed by atoms with Gasteiger partial charge in [0.05, 0.1) is 0 Å². The Morgan fingerprint density at radius 2 is 0.615 bits per heavy atom. The number of hydrogen-bond donors (Lipinski definition) is 0. The fourth-order valence-electron chi connectivity index (χ4n) is 6.58. The molecule has 0 aromatic heterocycles. The van der Waals surface area contributed by atoms with Gasteiger partial charge in [0.1, 0.15) is 13.2 Å². The monoisotopic (exact) mass is 899 g/mol. The fraction of sp³-hybridized carbons (Fsp3) is 0.610. The molecule has 0 N–H and O–H groups in total.